The van der Waals surface area contributed by atoms with Gasteiger partial charge < -0.3 is 40.0 Å². The van der Waals surface area contributed by atoms with Crippen molar-refractivity contribution in [2.45, 2.75) is 37.6 Å². The minimum atomic E-state index is -1.84. The molecule has 0 radical (unpaired) electrons. The van der Waals surface area contributed by atoms with Gasteiger partial charge in [0.1, 0.15) is 30.2 Å². The third-order valence-corrected chi connectivity index (χ3v) is 3.23. The van der Waals surface area contributed by atoms with Gasteiger partial charge in [-0.3, -0.25) is 4.79 Å². The van der Waals surface area contributed by atoms with Gasteiger partial charge >= 0.3 is 0 Å². The molecule has 0 saturated carbocycles. The fraction of sp³-hybridized carbons (Fsp3) is 0.429. The number of anilines is 1. The van der Waals surface area contributed by atoms with E-state index >= 15 is 0 Å². The largest absolute Gasteiger partial charge is 0.547 e. The fourth-order valence-electron chi connectivity index (χ4n) is 2.09. The molecule has 1 aromatic carbocycles. The Bertz CT molecular complexity index is 575. The highest BCUT2D eigenvalue weighted by molar-refractivity contribution is 5.88. The lowest BCUT2D eigenvalue weighted by atomic mass is 9.99. The highest BCUT2D eigenvalue weighted by Gasteiger charge is 2.45. The maximum atomic E-state index is 10.9. The molecule has 0 spiro atoms. The first-order valence-corrected chi connectivity index (χ1v) is 6.74. The highest BCUT2D eigenvalue weighted by Crippen LogP contribution is 2.25. The molecule has 9 nitrogen and oxygen atoms in total. The van der Waals surface area contributed by atoms with E-state index < -0.39 is 36.7 Å². The standard InChI is InChI=1S/C14H17NO8/c1-6(16)15-7-2-4-8(5-3-7)22-14-11(19)9(17)10(18)12(23-14)13(20)21/h2-5,9-12,14,17-19H,1H3,(H,15,16)(H,20,21)/p-1/t9-,10+,11-,12-,14+/m1/s1. The first-order chi connectivity index (χ1) is 10.8. The number of aliphatic hydroxyl groups is 3. The van der Waals surface area contributed by atoms with Gasteiger partial charge in [-0.2, -0.15) is 0 Å². The van der Waals surface area contributed by atoms with Crippen molar-refractivity contribution in [3.63, 3.8) is 0 Å². The Morgan fingerprint density at radius 3 is 2.26 bits per heavy atom. The molecule has 4 N–H and O–H groups in total. The van der Waals surface area contributed by atoms with Crippen LogP contribution in [0.3, 0.4) is 0 Å². The smallest absolute Gasteiger partial charge is 0.229 e. The van der Waals surface area contributed by atoms with Crippen molar-refractivity contribution in [1.29, 1.82) is 0 Å². The normalized spacial score (nSPS) is 30.5. The average Bonchev–Trinajstić information content (AvgIpc) is 2.48. The van der Waals surface area contributed by atoms with Gasteiger partial charge in [0, 0.05) is 12.6 Å². The number of hydrogen-bond acceptors (Lipinski definition) is 8. The zero-order valence-corrected chi connectivity index (χ0v) is 12.1. The Morgan fingerprint density at radius 2 is 1.74 bits per heavy atom. The molecule has 0 bridgehead atoms. The van der Waals surface area contributed by atoms with Crippen LogP contribution < -0.4 is 15.2 Å². The molecule has 1 heterocycles. The van der Waals surface area contributed by atoms with Crippen LogP contribution in [0.5, 0.6) is 5.75 Å². The molecule has 0 aromatic heterocycles. The average molecular weight is 326 g/mol. The van der Waals surface area contributed by atoms with Crippen LogP contribution >= 0.6 is 0 Å². The van der Waals surface area contributed by atoms with E-state index in [2.05, 4.69) is 5.32 Å². The maximum Gasteiger partial charge on any atom is 0.229 e. The van der Waals surface area contributed by atoms with Crippen molar-refractivity contribution in [2.24, 2.45) is 0 Å². The molecule has 1 amide bonds. The molecule has 1 aromatic rings. The number of hydrogen-bond donors (Lipinski definition) is 4. The Kier molecular flexibility index (Phi) is 5.16. The zero-order chi connectivity index (χ0) is 17.1. The molecular formula is C14H16NO8-. The van der Waals surface area contributed by atoms with E-state index in [0.717, 1.165) is 0 Å². The summed E-state index contributed by atoms with van der Waals surface area (Å²) in [6.07, 6.45) is -8.61. The van der Waals surface area contributed by atoms with Crippen molar-refractivity contribution in [1.82, 2.24) is 0 Å². The Morgan fingerprint density at radius 1 is 1.13 bits per heavy atom. The van der Waals surface area contributed by atoms with E-state index in [4.69, 9.17) is 9.47 Å². The molecule has 9 heteroatoms. The molecule has 0 aliphatic carbocycles. The molecular weight excluding hydrogens is 310 g/mol. The number of carboxylic acid groups (broad SMARTS) is 1. The number of nitrogens with one attached hydrogen (secondary N) is 1. The lowest BCUT2D eigenvalue weighted by Gasteiger charge is -2.40. The third kappa shape index (κ3) is 3.96. The second kappa shape index (κ2) is 6.92. The number of carboxylic acids is 1. The van der Waals surface area contributed by atoms with E-state index in [1.165, 1.54) is 31.2 Å². The lowest BCUT2D eigenvalue weighted by Crippen LogP contribution is -2.63. The van der Waals surface area contributed by atoms with Gasteiger partial charge in [-0.05, 0) is 24.3 Å². The molecule has 0 unspecified atom stereocenters. The zero-order valence-electron chi connectivity index (χ0n) is 12.1. The lowest BCUT2D eigenvalue weighted by molar-refractivity contribution is -0.342. The van der Waals surface area contributed by atoms with Crippen LogP contribution in [0.4, 0.5) is 5.69 Å². The van der Waals surface area contributed by atoms with Crippen LogP contribution in [0, 0.1) is 0 Å². The van der Waals surface area contributed by atoms with Crippen LogP contribution in [0.15, 0.2) is 24.3 Å². The van der Waals surface area contributed by atoms with E-state index in [0.29, 0.717) is 5.69 Å². The van der Waals surface area contributed by atoms with E-state index in [1.807, 2.05) is 0 Å². The second-order valence-electron chi connectivity index (χ2n) is 5.04. The molecule has 1 saturated heterocycles. The summed E-state index contributed by atoms with van der Waals surface area (Å²) in [7, 11) is 0. The van der Waals surface area contributed by atoms with Crippen molar-refractivity contribution >= 4 is 17.6 Å². The minimum Gasteiger partial charge on any atom is -0.547 e. The summed E-state index contributed by atoms with van der Waals surface area (Å²) in [5.41, 5.74) is 0.512. The van der Waals surface area contributed by atoms with Gasteiger partial charge in [0.15, 0.2) is 0 Å². The monoisotopic (exact) mass is 326 g/mol. The minimum absolute atomic E-state index is 0.198. The first-order valence-electron chi connectivity index (χ1n) is 6.74. The highest BCUT2D eigenvalue weighted by atomic mass is 16.7. The number of carbonyl (C=O) groups excluding carboxylic acids is 2. The molecule has 23 heavy (non-hydrogen) atoms. The Balaban J connectivity index is 2.08. The Hall–Kier alpha value is -2.20. The van der Waals surface area contributed by atoms with E-state index in [9.17, 15) is 30.0 Å². The quantitative estimate of drug-likeness (QED) is 0.478. The van der Waals surface area contributed by atoms with Gasteiger partial charge in [0.05, 0.1) is 5.97 Å². The van der Waals surface area contributed by atoms with Gasteiger partial charge in [-0.25, -0.2) is 0 Å². The number of carbonyl (C=O) groups is 2. The van der Waals surface area contributed by atoms with Crippen molar-refractivity contribution in [3.8, 4) is 5.75 Å². The molecule has 5 atom stereocenters. The van der Waals surface area contributed by atoms with Crippen molar-refractivity contribution in [3.05, 3.63) is 24.3 Å². The molecule has 1 aliphatic rings. The van der Waals surface area contributed by atoms with Crippen LogP contribution in [-0.2, 0) is 14.3 Å². The summed E-state index contributed by atoms with van der Waals surface area (Å²) in [5, 5.41) is 42.4. The first kappa shape index (κ1) is 17.2. The van der Waals surface area contributed by atoms with Crippen LogP contribution in [0.2, 0.25) is 0 Å². The van der Waals surface area contributed by atoms with Gasteiger partial charge in [-0.15, -0.1) is 0 Å². The summed E-state index contributed by atoms with van der Waals surface area (Å²) < 4.78 is 10.2. The number of rotatable bonds is 4. The Labute approximate surface area is 131 Å². The van der Waals surface area contributed by atoms with E-state index in [-0.39, 0.29) is 11.7 Å². The van der Waals surface area contributed by atoms with Gasteiger partial charge in [0.2, 0.25) is 12.2 Å². The van der Waals surface area contributed by atoms with Gasteiger partial charge in [-0.1, -0.05) is 0 Å². The SMILES string of the molecule is CC(=O)Nc1ccc(O[C@H]2O[C@@H](C(=O)[O-])[C@@H](O)[C@@H](O)[C@H]2O)cc1. The second-order valence-corrected chi connectivity index (χ2v) is 5.04. The number of aliphatic hydroxyl groups excluding tert-OH is 3. The molecule has 2 rings (SSSR count). The summed E-state index contributed by atoms with van der Waals surface area (Å²) in [6.45, 7) is 1.35. The fourth-order valence-corrected chi connectivity index (χ4v) is 2.09. The predicted octanol–water partition coefficient (Wildman–Crippen LogP) is -2.42. The maximum absolute atomic E-state index is 10.9. The third-order valence-electron chi connectivity index (χ3n) is 3.23. The summed E-state index contributed by atoms with van der Waals surface area (Å²) in [6, 6.07) is 5.94. The number of amides is 1. The van der Waals surface area contributed by atoms with Crippen molar-refractivity contribution < 1.29 is 39.5 Å². The summed E-state index contributed by atoms with van der Waals surface area (Å²) in [5.74, 6) is -1.79. The van der Waals surface area contributed by atoms with Crippen molar-refractivity contribution in [2.75, 3.05) is 5.32 Å². The summed E-state index contributed by atoms with van der Waals surface area (Å²) >= 11 is 0. The molecule has 1 aliphatic heterocycles. The summed E-state index contributed by atoms with van der Waals surface area (Å²) in [4.78, 5) is 21.8. The van der Waals surface area contributed by atoms with Gasteiger partial charge in [0.25, 0.3) is 0 Å². The van der Waals surface area contributed by atoms with Crippen LogP contribution in [-0.4, -0.2) is 57.9 Å². The number of aliphatic carboxylic acids is 1. The molecule has 1 fully saturated rings. The topological polar surface area (TPSA) is 148 Å². The number of ether oxygens (including phenoxy) is 2. The predicted molar refractivity (Wildman–Crippen MR) is 73.1 cm³/mol. The van der Waals surface area contributed by atoms with E-state index in [1.54, 1.807) is 0 Å². The molecule has 126 valence electrons. The van der Waals surface area contributed by atoms with Crippen LogP contribution in [0.25, 0.3) is 0 Å². The number of benzene rings is 1. The van der Waals surface area contributed by atoms with Crippen LogP contribution in [0.1, 0.15) is 6.92 Å².